The SMILES string of the molecule is Cc1cc(C)c(N[C@@H](C)C(=O)OCCN(C)C)cc1C.NCC(=O)O. The first-order valence-electron chi connectivity index (χ1n) is 8.16. The molecule has 1 atom stereocenters. The molecule has 1 aromatic rings. The number of rotatable bonds is 7. The van der Waals surface area contributed by atoms with Crippen LogP contribution in [0.25, 0.3) is 0 Å². The van der Waals surface area contributed by atoms with E-state index in [9.17, 15) is 9.59 Å². The Morgan fingerprint density at radius 2 is 1.72 bits per heavy atom. The fourth-order valence-electron chi connectivity index (χ4n) is 1.86. The highest BCUT2D eigenvalue weighted by atomic mass is 16.5. The topological polar surface area (TPSA) is 105 Å². The molecule has 0 saturated heterocycles. The number of ether oxygens (including phenoxy) is 1. The fourth-order valence-corrected chi connectivity index (χ4v) is 1.86. The minimum Gasteiger partial charge on any atom is -0.480 e. The highest BCUT2D eigenvalue weighted by molar-refractivity contribution is 5.79. The molecule has 4 N–H and O–H groups in total. The van der Waals surface area contributed by atoms with E-state index in [0.717, 1.165) is 17.8 Å². The number of esters is 1. The molecule has 142 valence electrons. The van der Waals surface area contributed by atoms with Crippen molar-refractivity contribution < 1.29 is 19.4 Å². The van der Waals surface area contributed by atoms with Crippen molar-refractivity contribution in [1.29, 1.82) is 0 Å². The summed E-state index contributed by atoms with van der Waals surface area (Å²) in [5.74, 6) is -1.19. The van der Waals surface area contributed by atoms with Gasteiger partial charge in [-0.1, -0.05) is 6.07 Å². The molecule has 7 heteroatoms. The monoisotopic (exact) mass is 353 g/mol. The molecule has 0 aliphatic rings. The van der Waals surface area contributed by atoms with Gasteiger partial charge in [0.2, 0.25) is 0 Å². The molecule has 0 amide bonds. The number of aliphatic carboxylic acids is 1. The molecule has 1 aromatic carbocycles. The van der Waals surface area contributed by atoms with Crippen LogP contribution in [0.2, 0.25) is 0 Å². The number of likely N-dealkylation sites (N-methyl/N-ethyl adjacent to an activating group) is 1. The van der Waals surface area contributed by atoms with Crippen LogP contribution in [0.3, 0.4) is 0 Å². The number of carboxylic acid groups (broad SMARTS) is 1. The lowest BCUT2D eigenvalue weighted by Gasteiger charge is -2.18. The minimum absolute atomic E-state index is 0.218. The third-order valence-corrected chi connectivity index (χ3v) is 3.52. The van der Waals surface area contributed by atoms with E-state index in [-0.39, 0.29) is 18.6 Å². The second kappa shape index (κ2) is 11.4. The van der Waals surface area contributed by atoms with Crippen LogP contribution in [0, 0.1) is 20.8 Å². The van der Waals surface area contributed by atoms with Crippen LogP contribution in [0.5, 0.6) is 0 Å². The molecule has 0 aliphatic heterocycles. The number of carbonyl (C=O) groups is 2. The summed E-state index contributed by atoms with van der Waals surface area (Å²) in [6, 6.07) is 3.86. The van der Waals surface area contributed by atoms with Gasteiger partial charge in [-0.15, -0.1) is 0 Å². The molecule has 0 spiro atoms. The number of carbonyl (C=O) groups excluding carboxylic acids is 1. The van der Waals surface area contributed by atoms with Gasteiger partial charge >= 0.3 is 11.9 Å². The summed E-state index contributed by atoms with van der Waals surface area (Å²) in [4.78, 5) is 23.1. The molecule has 1 rings (SSSR count). The Hall–Kier alpha value is -2.12. The highest BCUT2D eigenvalue weighted by Crippen LogP contribution is 2.20. The zero-order valence-electron chi connectivity index (χ0n) is 16.0. The van der Waals surface area contributed by atoms with E-state index >= 15 is 0 Å². The van der Waals surface area contributed by atoms with E-state index in [0.29, 0.717) is 6.61 Å². The third kappa shape index (κ3) is 9.69. The van der Waals surface area contributed by atoms with Crippen molar-refractivity contribution in [2.75, 3.05) is 39.1 Å². The average molecular weight is 353 g/mol. The quantitative estimate of drug-likeness (QED) is 0.639. The lowest BCUT2D eigenvalue weighted by atomic mass is 10.0. The second-order valence-electron chi connectivity index (χ2n) is 6.19. The van der Waals surface area contributed by atoms with Crippen molar-refractivity contribution >= 4 is 17.6 Å². The zero-order chi connectivity index (χ0) is 19.6. The summed E-state index contributed by atoms with van der Waals surface area (Å²) >= 11 is 0. The Morgan fingerprint density at radius 3 is 2.20 bits per heavy atom. The van der Waals surface area contributed by atoms with Crippen LogP contribution >= 0.6 is 0 Å². The van der Waals surface area contributed by atoms with Gasteiger partial charge in [-0.2, -0.15) is 0 Å². The molecule has 25 heavy (non-hydrogen) atoms. The van der Waals surface area contributed by atoms with Gasteiger partial charge in [0.25, 0.3) is 0 Å². The van der Waals surface area contributed by atoms with E-state index in [1.807, 2.05) is 32.8 Å². The third-order valence-electron chi connectivity index (χ3n) is 3.52. The predicted octanol–water partition coefficient (Wildman–Crippen LogP) is 1.55. The van der Waals surface area contributed by atoms with Crippen molar-refractivity contribution in [3.8, 4) is 0 Å². The number of nitrogens with two attached hydrogens (primary N) is 1. The highest BCUT2D eigenvalue weighted by Gasteiger charge is 2.15. The van der Waals surface area contributed by atoms with Crippen LogP contribution in [0.15, 0.2) is 12.1 Å². The van der Waals surface area contributed by atoms with Gasteiger partial charge in [-0.3, -0.25) is 4.79 Å². The van der Waals surface area contributed by atoms with Crippen molar-refractivity contribution in [2.24, 2.45) is 5.73 Å². The summed E-state index contributed by atoms with van der Waals surface area (Å²) in [6.45, 7) is 8.90. The van der Waals surface area contributed by atoms with Gasteiger partial charge in [0.15, 0.2) is 0 Å². The average Bonchev–Trinajstić information content (AvgIpc) is 2.52. The number of aryl methyl sites for hydroxylation is 3. The van der Waals surface area contributed by atoms with Crippen LogP contribution in [-0.2, 0) is 14.3 Å². The molecule has 0 bridgehead atoms. The number of nitrogens with zero attached hydrogens (tertiary/aromatic N) is 1. The Bertz CT molecular complexity index is 574. The predicted molar refractivity (Wildman–Crippen MR) is 99.9 cm³/mol. The summed E-state index contributed by atoms with van der Waals surface area (Å²) < 4.78 is 5.24. The molecule has 0 saturated carbocycles. The van der Waals surface area contributed by atoms with Crippen molar-refractivity contribution in [1.82, 2.24) is 4.90 Å². The summed E-state index contributed by atoms with van der Waals surface area (Å²) in [6.07, 6.45) is 0. The second-order valence-corrected chi connectivity index (χ2v) is 6.19. The van der Waals surface area contributed by atoms with Gasteiger partial charge in [-0.05, 0) is 64.5 Å². The number of hydrogen-bond acceptors (Lipinski definition) is 6. The lowest BCUT2D eigenvalue weighted by molar-refractivity contribution is -0.144. The van der Waals surface area contributed by atoms with Crippen LogP contribution in [-0.4, -0.2) is 61.8 Å². The molecule has 0 heterocycles. The van der Waals surface area contributed by atoms with Crippen LogP contribution in [0.4, 0.5) is 5.69 Å². The first-order chi connectivity index (χ1) is 11.6. The number of hydrogen-bond donors (Lipinski definition) is 3. The van der Waals surface area contributed by atoms with Crippen molar-refractivity contribution in [2.45, 2.75) is 33.7 Å². The largest absolute Gasteiger partial charge is 0.480 e. The molecule has 7 nitrogen and oxygen atoms in total. The molecule has 0 aliphatic carbocycles. The van der Waals surface area contributed by atoms with E-state index in [1.54, 1.807) is 0 Å². The van der Waals surface area contributed by atoms with Crippen LogP contribution < -0.4 is 11.1 Å². The maximum atomic E-state index is 11.9. The first-order valence-corrected chi connectivity index (χ1v) is 8.16. The number of carboxylic acids is 1. The standard InChI is InChI=1S/C16H26N2O2.C2H5NO2/c1-11-9-13(3)15(10-12(11)2)17-14(4)16(19)20-8-7-18(5)6;3-1-2(4)5/h9-10,14,17H,7-8H2,1-6H3;1,3H2,(H,4,5)/t14-;/m0./s1. The molecule has 0 fully saturated rings. The maximum absolute atomic E-state index is 11.9. The number of anilines is 1. The molecular formula is C18H31N3O4. The zero-order valence-corrected chi connectivity index (χ0v) is 16.0. The Labute approximate surface area is 150 Å². The van der Waals surface area contributed by atoms with Gasteiger partial charge in [0, 0.05) is 12.2 Å². The maximum Gasteiger partial charge on any atom is 0.328 e. The van der Waals surface area contributed by atoms with E-state index in [4.69, 9.17) is 9.84 Å². The molecule has 0 unspecified atom stereocenters. The fraction of sp³-hybridized carbons (Fsp3) is 0.556. The summed E-state index contributed by atoms with van der Waals surface area (Å²) in [7, 11) is 3.90. The van der Waals surface area contributed by atoms with Gasteiger partial charge in [-0.25, -0.2) is 4.79 Å². The number of nitrogens with one attached hydrogen (secondary N) is 1. The minimum atomic E-state index is -0.968. The summed E-state index contributed by atoms with van der Waals surface area (Å²) in [5.41, 5.74) is 9.18. The number of benzene rings is 1. The van der Waals surface area contributed by atoms with Gasteiger partial charge < -0.3 is 25.8 Å². The summed E-state index contributed by atoms with van der Waals surface area (Å²) in [5, 5.41) is 10.8. The van der Waals surface area contributed by atoms with Gasteiger partial charge in [0.05, 0.1) is 6.54 Å². The van der Waals surface area contributed by atoms with E-state index in [1.165, 1.54) is 11.1 Å². The smallest absolute Gasteiger partial charge is 0.328 e. The van der Waals surface area contributed by atoms with E-state index < -0.39 is 5.97 Å². The Kier molecular flexibility index (Phi) is 10.5. The van der Waals surface area contributed by atoms with E-state index in [2.05, 4.69) is 37.0 Å². The Balaban J connectivity index is 0.00000101. The van der Waals surface area contributed by atoms with Crippen molar-refractivity contribution in [3.63, 3.8) is 0 Å². The lowest BCUT2D eigenvalue weighted by Crippen LogP contribution is -2.30. The molecular weight excluding hydrogens is 322 g/mol. The molecule has 0 radical (unpaired) electrons. The Morgan fingerprint density at radius 1 is 1.20 bits per heavy atom. The normalized spacial score (nSPS) is 11.4. The first kappa shape index (κ1) is 22.9. The van der Waals surface area contributed by atoms with Gasteiger partial charge in [0.1, 0.15) is 12.6 Å². The molecule has 0 aromatic heterocycles. The van der Waals surface area contributed by atoms with Crippen LogP contribution in [0.1, 0.15) is 23.6 Å². The van der Waals surface area contributed by atoms with Crippen molar-refractivity contribution in [3.05, 3.63) is 28.8 Å².